The molecule has 0 saturated carbocycles. The predicted molar refractivity (Wildman–Crippen MR) is 280 cm³/mol. The van der Waals surface area contributed by atoms with Crippen LogP contribution in [0.3, 0.4) is 0 Å². The van der Waals surface area contributed by atoms with Gasteiger partial charge in [0.15, 0.2) is 0 Å². The number of hydrogen-bond donors (Lipinski definition) is 5. The van der Waals surface area contributed by atoms with Crippen LogP contribution in [0.5, 0.6) is 23.0 Å². The molecule has 12 nitrogen and oxygen atoms in total. The number of ether oxygens (including phenoxy) is 4. The zero-order chi connectivity index (χ0) is 51.1. The Balaban J connectivity index is 0.000000313. The molecule has 0 spiro atoms. The van der Waals surface area contributed by atoms with E-state index in [1.54, 1.807) is 6.07 Å². The van der Waals surface area contributed by atoms with Gasteiger partial charge >= 0.3 is 0 Å². The summed E-state index contributed by atoms with van der Waals surface area (Å²) in [6.45, 7) is 32.9. The Kier molecular flexibility index (Phi) is 25.0. The van der Waals surface area contributed by atoms with Gasteiger partial charge in [-0.2, -0.15) is 5.21 Å². The first-order chi connectivity index (χ1) is 31.9. The third-order valence-electron chi connectivity index (χ3n) is 10.3. The summed E-state index contributed by atoms with van der Waals surface area (Å²) in [5.74, 6) is 3.65. The average molecular weight is 964 g/mol. The van der Waals surface area contributed by atoms with Crippen LogP contribution < -0.4 is 41.9 Å². The van der Waals surface area contributed by atoms with Crippen molar-refractivity contribution in [3.8, 4) is 34.4 Å². The van der Waals surface area contributed by atoms with Crippen LogP contribution in [0, 0.1) is 12.7 Å². The second kappa shape index (κ2) is 28.6. The van der Waals surface area contributed by atoms with Gasteiger partial charge < -0.3 is 41.9 Å². The lowest BCUT2D eigenvalue weighted by Gasteiger charge is -2.23. The minimum Gasteiger partial charge on any atom is -0.493 e. The molecule has 5 rings (SSSR count). The molecule has 1 heterocycles. The summed E-state index contributed by atoms with van der Waals surface area (Å²) in [4.78, 5) is 0. The molecule has 0 unspecified atom stereocenters. The average Bonchev–Trinajstić information content (AvgIpc) is 3.79. The molecule has 0 bridgehead atoms. The van der Waals surface area contributed by atoms with Gasteiger partial charge in [-0.3, -0.25) is 0 Å². The van der Waals surface area contributed by atoms with Crippen LogP contribution >= 0.6 is 11.6 Å². The van der Waals surface area contributed by atoms with Crippen molar-refractivity contribution in [2.75, 3.05) is 52.6 Å². The summed E-state index contributed by atoms with van der Waals surface area (Å²) in [5.41, 5.74) is 28.7. The molecule has 0 saturated heterocycles. The van der Waals surface area contributed by atoms with Crippen LogP contribution in [0.15, 0.2) is 72.8 Å². The third kappa shape index (κ3) is 21.2. The molecule has 5 aromatic rings. The zero-order valence-electron chi connectivity index (χ0n) is 43.5. The van der Waals surface area contributed by atoms with E-state index in [1.165, 1.54) is 28.8 Å². The van der Waals surface area contributed by atoms with Crippen molar-refractivity contribution in [3.63, 3.8) is 0 Å². The van der Waals surface area contributed by atoms with E-state index < -0.39 is 0 Å². The van der Waals surface area contributed by atoms with Crippen LogP contribution in [-0.4, -0.2) is 73.2 Å². The fourth-order valence-electron chi connectivity index (χ4n) is 6.59. The van der Waals surface area contributed by atoms with E-state index in [-0.39, 0.29) is 27.5 Å². The minimum atomic E-state index is -0.268. The Morgan fingerprint density at radius 1 is 0.500 bits per heavy atom. The van der Waals surface area contributed by atoms with Crippen molar-refractivity contribution >= 4 is 11.6 Å². The molecule has 0 atom stereocenters. The maximum absolute atomic E-state index is 13.1. The number of H-pyrrole nitrogens is 1. The Hall–Kier alpha value is -4.79. The first kappa shape index (κ1) is 59.3. The van der Waals surface area contributed by atoms with Gasteiger partial charge in [-0.05, 0) is 144 Å². The van der Waals surface area contributed by atoms with E-state index in [0.29, 0.717) is 69.2 Å². The SMILES string of the molecule is CC(C)(C)c1ccc(-c2nn[nH]n2)cc1OCCCN.CC(C)(C)c1ccc(Cl)cc1OCCCN.CC(C)(C)c1ccc(F)cc1OCCCN.Cc1ccc(C(C)(C)C)c(OCCCN)c1. The van der Waals surface area contributed by atoms with Crippen LogP contribution in [0.1, 0.15) is 137 Å². The molecule has 0 radical (unpaired) electrons. The number of aromatic amines is 1. The Morgan fingerprint density at radius 3 is 1.26 bits per heavy atom. The first-order valence-electron chi connectivity index (χ1n) is 23.8. The minimum absolute atomic E-state index is 0.00777. The van der Waals surface area contributed by atoms with E-state index in [0.717, 1.165) is 59.6 Å². The van der Waals surface area contributed by atoms with E-state index in [9.17, 15) is 4.39 Å². The molecule has 4 aromatic carbocycles. The molecular formula is C54H84ClFN8O4. The highest BCUT2D eigenvalue weighted by Crippen LogP contribution is 2.36. The number of aryl methyl sites for hydroxylation is 1. The van der Waals surface area contributed by atoms with Gasteiger partial charge in [0.25, 0.3) is 0 Å². The van der Waals surface area contributed by atoms with Crippen molar-refractivity contribution in [2.24, 2.45) is 22.9 Å². The number of nitrogens with zero attached hydrogens (tertiary/aromatic N) is 3. The van der Waals surface area contributed by atoms with Crippen molar-refractivity contribution in [3.05, 3.63) is 111 Å². The topological polar surface area (TPSA) is 195 Å². The molecular weight excluding hydrogens is 879 g/mol. The summed E-state index contributed by atoms with van der Waals surface area (Å²) in [6, 6.07) is 22.9. The maximum atomic E-state index is 13.1. The molecule has 14 heteroatoms. The van der Waals surface area contributed by atoms with Gasteiger partial charge in [0.05, 0.1) is 26.4 Å². The molecule has 68 heavy (non-hydrogen) atoms. The maximum Gasteiger partial charge on any atom is 0.204 e. The Labute approximate surface area is 412 Å². The van der Waals surface area contributed by atoms with Gasteiger partial charge in [-0.1, -0.05) is 131 Å². The number of hydrogen-bond acceptors (Lipinski definition) is 11. The molecule has 0 aliphatic heterocycles. The third-order valence-corrected chi connectivity index (χ3v) is 10.5. The number of nitrogens with two attached hydrogens (primary N) is 4. The fourth-order valence-corrected chi connectivity index (χ4v) is 6.75. The van der Waals surface area contributed by atoms with Gasteiger partial charge in [-0.25, -0.2) is 4.39 Å². The quantitative estimate of drug-likeness (QED) is 0.0556. The van der Waals surface area contributed by atoms with Gasteiger partial charge in [0.1, 0.15) is 28.8 Å². The van der Waals surface area contributed by atoms with E-state index in [4.69, 9.17) is 53.5 Å². The van der Waals surface area contributed by atoms with Crippen molar-refractivity contribution < 1.29 is 23.3 Å². The lowest BCUT2D eigenvalue weighted by molar-refractivity contribution is 0.303. The Bertz CT molecular complexity index is 2030. The Morgan fingerprint density at radius 2 is 0.868 bits per heavy atom. The summed E-state index contributed by atoms with van der Waals surface area (Å²) < 4.78 is 36.1. The number of rotatable bonds is 17. The highest BCUT2D eigenvalue weighted by Gasteiger charge is 2.23. The summed E-state index contributed by atoms with van der Waals surface area (Å²) in [7, 11) is 0. The normalized spacial score (nSPS) is 11.6. The summed E-state index contributed by atoms with van der Waals surface area (Å²) in [6.07, 6.45) is 3.36. The molecule has 1 aromatic heterocycles. The molecule has 0 fully saturated rings. The monoisotopic (exact) mass is 963 g/mol. The van der Waals surface area contributed by atoms with Crippen LogP contribution in [-0.2, 0) is 21.7 Å². The lowest BCUT2D eigenvalue weighted by Crippen LogP contribution is -2.15. The fraction of sp³-hybridized carbons (Fsp3) is 0.537. The van der Waals surface area contributed by atoms with Crippen LogP contribution in [0.2, 0.25) is 5.02 Å². The van der Waals surface area contributed by atoms with Gasteiger partial charge in [0, 0.05) is 16.7 Å². The number of tetrazole rings is 1. The van der Waals surface area contributed by atoms with Crippen molar-refractivity contribution in [2.45, 2.75) is 137 Å². The van der Waals surface area contributed by atoms with E-state index in [1.807, 2.05) is 30.3 Å². The summed E-state index contributed by atoms with van der Waals surface area (Å²) >= 11 is 5.98. The second-order valence-corrected chi connectivity index (χ2v) is 21.1. The number of benzene rings is 4. The highest BCUT2D eigenvalue weighted by atomic mass is 35.5. The highest BCUT2D eigenvalue weighted by molar-refractivity contribution is 6.30. The smallest absolute Gasteiger partial charge is 0.204 e. The predicted octanol–water partition coefficient (Wildman–Crippen LogP) is 11.1. The zero-order valence-corrected chi connectivity index (χ0v) is 44.2. The molecule has 378 valence electrons. The second-order valence-electron chi connectivity index (χ2n) is 20.7. The number of nitrogens with one attached hydrogen (secondary N) is 1. The van der Waals surface area contributed by atoms with Gasteiger partial charge in [-0.15, -0.1) is 10.2 Å². The lowest BCUT2D eigenvalue weighted by atomic mass is 9.85. The van der Waals surface area contributed by atoms with Crippen molar-refractivity contribution in [1.82, 2.24) is 20.6 Å². The van der Waals surface area contributed by atoms with Crippen LogP contribution in [0.4, 0.5) is 4.39 Å². The summed E-state index contributed by atoms with van der Waals surface area (Å²) in [5, 5.41) is 14.7. The molecule has 0 amide bonds. The van der Waals surface area contributed by atoms with Crippen LogP contribution in [0.25, 0.3) is 11.4 Å². The standard InChI is InChI=1S/C14H21N5O.C14H23NO.C13H20ClNO.C13H20FNO/c1-14(2,3)11-6-5-10(13-16-18-19-17-13)9-12(11)20-8-4-7-15;1-11-6-7-12(14(2,3)4)13(10-11)16-9-5-8-15;2*1-13(2,3)11-6-5-10(14)9-12(11)16-8-4-7-15/h5-6,9H,4,7-8,15H2,1-3H3,(H,16,17,18,19);6-7,10H,5,8-9,15H2,1-4H3;2*5-6,9H,4,7-8,15H2,1-3H3. The number of halogens is 2. The van der Waals surface area contributed by atoms with Crippen molar-refractivity contribution in [1.29, 1.82) is 0 Å². The molecule has 9 N–H and O–H groups in total. The molecule has 0 aliphatic rings. The number of aromatic nitrogens is 4. The first-order valence-corrected chi connectivity index (χ1v) is 24.2. The molecule has 0 aliphatic carbocycles. The van der Waals surface area contributed by atoms with E-state index in [2.05, 4.69) is 135 Å². The van der Waals surface area contributed by atoms with Gasteiger partial charge in [0.2, 0.25) is 5.82 Å². The van der Waals surface area contributed by atoms with E-state index >= 15 is 0 Å². The largest absolute Gasteiger partial charge is 0.493 e.